The van der Waals surface area contributed by atoms with E-state index in [9.17, 15) is 4.79 Å². The van der Waals surface area contributed by atoms with Crippen molar-refractivity contribution in [3.8, 4) is 0 Å². The summed E-state index contributed by atoms with van der Waals surface area (Å²) in [4.78, 5) is 13.7. The minimum Gasteiger partial charge on any atom is -0.311 e. The van der Waals surface area contributed by atoms with Gasteiger partial charge in [-0.05, 0) is 30.4 Å². The van der Waals surface area contributed by atoms with E-state index in [0.717, 1.165) is 11.3 Å². The van der Waals surface area contributed by atoms with Gasteiger partial charge in [0.05, 0.1) is 5.69 Å². The van der Waals surface area contributed by atoms with E-state index < -0.39 is 0 Å². The topological polar surface area (TPSA) is 20.3 Å². The monoisotopic (exact) mass is 267 g/mol. The van der Waals surface area contributed by atoms with Gasteiger partial charge in [0.25, 0.3) is 0 Å². The number of hydrogen-bond acceptors (Lipinski definition) is 1. The van der Waals surface area contributed by atoms with Gasteiger partial charge in [0.15, 0.2) is 0 Å². The van der Waals surface area contributed by atoms with Crippen LogP contribution in [0.5, 0.6) is 0 Å². The summed E-state index contributed by atoms with van der Waals surface area (Å²) in [5, 5.41) is 0. The second-order valence-corrected chi connectivity index (χ2v) is 5.76. The maximum Gasteiger partial charge on any atom is 0.241 e. The Balaban J connectivity index is 3.41. The fourth-order valence-corrected chi connectivity index (χ4v) is 2.30. The van der Waals surface area contributed by atoms with Crippen molar-refractivity contribution in [2.75, 3.05) is 17.3 Å². The van der Waals surface area contributed by atoms with Crippen molar-refractivity contribution < 1.29 is 4.79 Å². The summed E-state index contributed by atoms with van der Waals surface area (Å²) in [6.45, 7) is 11.1. The Morgan fingerprint density at radius 3 is 2.39 bits per heavy atom. The van der Waals surface area contributed by atoms with Crippen LogP contribution in [0.2, 0.25) is 0 Å². The molecule has 1 aromatic rings. The third-order valence-corrected chi connectivity index (χ3v) is 3.28. The van der Waals surface area contributed by atoms with E-state index in [1.807, 2.05) is 26.0 Å². The van der Waals surface area contributed by atoms with Crippen molar-refractivity contribution in [2.24, 2.45) is 0 Å². The van der Waals surface area contributed by atoms with Gasteiger partial charge in [-0.2, -0.15) is 0 Å². The maximum absolute atomic E-state index is 12.0. The van der Waals surface area contributed by atoms with E-state index in [1.165, 1.54) is 5.56 Å². The highest BCUT2D eigenvalue weighted by atomic mass is 35.5. The average Bonchev–Trinajstić information content (AvgIpc) is 2.30. The quantitative estimate of drug-likeness (QED) is 0.761. The Morgan fingerprint density at radius 1 is 1.33 bits per heavy atom. The van der Waals surface area contributed by atoms with Crippen LogP contribution in [0.4, 0.5) is 5.69 Å². The van der Waals surface area contributed by atoms with Crippen LogP contribution in [-0.4, -0.2) is 18.3 Å². The van der Waals surface area contributed by atoms with Crippen LogP contribution in [0.25, 0.3) is 0 Å². The van der Waals surface area contributed by atoms with Crippen LogP contribution < -0.4 is 4.90 Å². The molecule has 0 radical (unpaired) electrons. The van der Waals surface area contributed by atoms with Crippen LogP contribution in [0.1, 0.15) is 38.8 Å². The lowest BCUT2D eigenvalue weighted by Gasteiger charge is -2.30. The first-order valence-electron chi connectivity index (χ1n) is 6.29. The Kier molecular flexibility index (Phi) is 4.80. The second kappa shape index (κ2) is 5.75. The standard InChI is InChI=1S/C15H22ClNO/c1-6-17(13(18)10-16)14-11(2)8-7-9-12(14)15(3,4)5/h7-9H,6,10H2,1-5H3. The van der Waals surface area contributed by atoms with Crippen LogP contribution in [0.3, 0.4) is 0 Å². The molecule has 0 saturated carbocycles. The molecule has 100 valence electrons. The van der Waals surface area contributed by atoms with Crippen LogP contribution >= 0.6 is 11.6 Å². The van der Waals surface area contributed by atoms with Gasteiger partial charge in [0, 0.05) is 6.54 Å². The summed E-state index contributed by atoms with van der Waals surface area (Å²) in [7, 11) is 0. The molecule has 1 aromatic carbocycles. The number of carbonyl (C=O) groups is 1. The number of benzene rings is 1. The summed E-state index contributed by atoms with van der Waals surface area (Å²) < 4.78 is 0. The van der Waals surface area contributed by atoms with Gasteiger partial charge < -0.3 is 4.90 Å². The molecule has 0 N–H and O–H groups in total. The number of carbonyl (C=O) groups excluding carboxylic acids is 1. The van der Waals surface area contributed by atoms with Crippen molar-refractivity contribution in [2.45, 2.75) is 40.0 Å². The van der Waals surface area contributed by atoms with Gasteiger partial charge in [-0.25, -0.2) is 0 Å². The Hall–Kier alpha value is -1.02. The summed E-state index contributed by atoms with van der Waals surface area (Å²) in [6.07, 6.45) is 0. The zero-order valence-corrected chi connectivity index (χ0v) is 12.6. The first-order valence-corrected chi connectivity index (χ1v) is 6.82. The minimum absolute atomic E-state index is 0.00136. The minimum atomic E-state index is -0.0426. The van der Waals surface area contributed by atoms with E-state index in [2.05, 4.69) is 26.8 Å². The number of halogens is 1. The largest absolute Gasteiger partial charge is 0.311 e. The highest BCUT2D eigenvalue weighted by Gasteiger charge is 2.24. The molecule has 0 saturated heterocycles. The highest BCUT2D eigenvalue weighted by molar-refractivity contribution is 6.29. The molecule has 2 nitrogen and oxygen atoms in total. The van der Waals surface area contributed by atoms with Gasteiger partial charge in [-0.15, -0.1) is 11.6 Å². The lowest BCUT2D eigenvalue weighted by Crippen LogP contribution is -2.34. The third-order valence-electron chi connectivity index (χ3n) is 3.05. The lowest BCUT2D eigenvalue weighted by atomic mass is 9.84. The molecular weight excluding hydrogens is 246 g/mol. The van der Waals surface area contributed by atoms with Gasteiger partial charge in [-0.3, -0.25) is 4.79 Å². The summed E-state index contributed by atoms with van der Waals surface area (Å²) >= 11 is 5.70. The number of para-hydroxylation sites is 1. The summed E-state index contributed by atoms with van der Waals surface area (Å²) in [5.41, 5.74) is 3.31. The molecule has 0 aliphatic heterocycles. The van der Waals surface area contributed by atoms with Gasteiger partial charge in [-0.1, -0.05) is 39.0 Å². The summed E-state index contributed by atoms with van der Waals surface area (Å²) in [6, 6.07) is 6.17. The van der Waals surface area contributed by atoms with E-state index in [4.69, 9.17) is 11.6 Å². The molecule has 0 spiro atoms. The Bertz CT molecular complexity index is 435. The maximum atomic E-state index is 12.0. The fourth-order valence-electron chi connectivity index (χ4n) is 2.15. The molecular formula is C15H22ClNO. The van der Waals surface area contributed by atoms with Crippen molar-refractivity contribution in [1.29, 1.82) is 0 Å². The SMILES string of the molecule is CCN(C(=O)CCl)c1c(C)cccc1C(C)(C)C. The summed E-state index contributed by atoms with van der Waals surface area (Å²) in [5.74, 6) is -0.0230. The molecule has 0 unspecified atom stereocenters. The molecule has 1 rings (SSSR count). The number of rotatable bonds is 3. The van der Waals surface area contributed by atoms with Crippen molar-refractivity contribution in [3.05, 3.63) is 29.3 Å². The van der Waals surface area contributed by atoms with E-state index >= 15 is 0 Å². The zero-order valence-electron chi connectivity index (χ0n) is 11.9. The van der Waals surface area contributed by atoms with Crippen molar-refractivity contribution in [3.63, 3.8) is 0 Å². The van der Waals surface area contributed by atoms with Crippen LogP contribution in [0, 0.1) is 6.92 Å². The van der Waals surface area contributed by atoms with Gasteiger partial charge in [0.1, 0.15) is 5.88 Å². The zero-order chi connectivity index (χ0) is 13.9. The Labute approximate surface area is 115 Å². The van der Waals surface area contributed by atoms with E-state index in [1.54, 1.807) is 4.90 Å². The van der Waals surface area contributed by atoms with E-state index in [0.29, 0.717) is 6.54 Å². The molecule has 0 aliphatic carbocycles. The first kappa shape index (κ1) is 15.0. The van der Waals surface area contributed by atoms with Crippen molar-refractivity contribution >= 4 is 23.2 Å². The predicted octanol–water partition coefficient (Wildman–Crippen LogP) is 3.88. The average molecular weight is 268 g/mol. The number of hydrogen-bond donors (Lipinski definition) is 0. The number of aryl methyl sites for hydroxylation is 1. The molecule has 18 heavy (non-hydrogen) atoms. The van der Waals surface area contributed by atoms with Gasteiger partial charge in [0.2, 0.25) is 5.91 Å². The number of nitrogens with zero attached hydrogens (tertiary/aromatic N) is 1. The van der Waals surface area contributed by atoms with Crippen LogP contribution in [-0.2, 0) is 10.2 Å². The number of amides is 1. The molecule has 1 amide bonds. The highest BCUT2D eigenvalue weighted by Crippen LogP contribution is 2.34. The Morgan fingerprint density at radius 2 is 1.94 bits per heavy atom. The molecule has 0 bridgehead atoms. The third kappa shape index (κ3) is 3.05. The second-order valence-electron chi connectivity index (χ2n) is 5.49. The molecule has 0 heterocycles. The number of alkyl halides is 1. The van der Waals surface area contributed by atoms with Crippen molar-refractivity contribution in [1.82, 2.24) is 0 Å². The number of anilines is 1. The fraction of sp³-hybridized carbons (Fsp3) is 0.533. The predicted molar refractivity (Wildman–Crippen MR) is 78.6 cm³/mol. The molecule has 0 fully saturated rings. The van der Waals surface area contributed by atoms with Gasteiger partial charge >= 0.3 is 0 Å². The molecule has 0 aliphatic rings. The normalized spacial score (nSPS) is 11.4. The first-order chi connectivity index (χ1) is 8.32. The van der Waals surface area contributed by atoms with E-state index in [-0.39, 0.29) is 17.2 Å². The van der Waals surface area contributed by atoms with Crippen LogP contribution in [0.15, 0.2) is 18.2 Å². The molecule has 3 heteroatoms. The smallest absolute Gasteiger partial charge is 0.241 e. The molecule has 0 atom stereocenters. The molecule has 0 aromatic heterocycles. The lowest BCUT2D eigenvalue weighted by molar-refractivity contribution is -0.116.